The van der Waals surface area contributed by atoms with Gasteiger partial charge in [-0.25, -0.2) is 0 Å². The van der Waals surface area contributed by atoms with Gasteiger partial charge in [0.1, 0.15) is 5.60 Å². The number of nitrogens with zero attached hydrogens (tertiary/aromatic N) is 1. The van der Waals surface area contributed by atoms with Crippen LogP contribution in [0.2, 0.25) is 0 Å². The molecule has 6 nitrogen and oxygen atoms in total. The molecule has 0 aromatic carbocycles. The molecule has 2 heterocycles. The number of amides is 1. The fourth-order valence-electron chi connectivity index (χ4n) is 3.68. The number of hydrogen-bond donors (Lipinski definition) is 1. The molecule has 1 aromatic rings. The Labute approximate surface area is 134 Å². The van der Waals surface area contributed by atoms with Gasteiger partial charge in [0.05, 0.1) is 12.3 Å². The highest BCUT2D eigenvalue weighted by Gasteiger charge is 2.53. The van der Waals surface area contributed by atoms with Crippen LogP contribution in [0.15, 0.2) is 29.2 Å². The minimum atomic E-state index is -0.558. The molecule has 1 saturated heterocycles. The summed E-state index contributed by atoms with van der Waals surface area (Å²) in [7, 11) is 0. The lowest BCUT2D eigenvalue weighted by atomic mass is 9.85. The van der Waals surface area contributed by atoms with Crippen LogP contribution in [0.1, 0.15) is 38.5 Å². The van der Waals surface area contributed by atoms with Crippen LogP contribution in [-0.4, -0.2) is 28.6 Å². The molecule has 1 aromatic heterocycles. The molecule has 0 unspecified atom stereocenters. The van der Waals surface area contributed by atoms with E-state index < -0.39 is 5.60 Å². The van der Waals surface area contributed by atoms with E-state index in [0.29, 0.717) is 19.5 Å². The predicted octanol–water partition coefficient (Wildman–Crippen LogP) is 1.23. The summed E-state index contributed by atoms with van der Waals surface area (Å²) in [6, 6.07) is 5.04. The molecule has 1 spiro atoms. The Balaban J connectivity index is 1.50. The second kappa shape index (κ2) is 6.56. The summed E-state index contributed by atoms with van der Waals surface area (Å²) in [5.41, 5.74) is -0.601. The van der Waals surface area contributed by atoms with Crippen molar-refractivity contribution in [2.24, 2.45) is 5.92 Å². The van der Waals surface area contributed by atoms with E-state index in [1.165, 1.54) is 6.07 Å². The van der Waals surface area contributed by atoms with Gasteiger partial charge in [-0.3, -0.25) is 14.4 Å². The Kier molecular flexibility index (Phi) is 4.50. The number of esters is 1. The third-order valence-corrected chi connectivity index (χ3v) is 4.86. The lowest BCUT2D eigenvalue weighted by molar-refractivity contribution is -0.149. The highest BCUT2D eigenvalue weighted by molar-refractivity contribution is 5.87. The van der Waals surface area contributed by atoms with E-state index in [2.05, 4.69) is 5.32 Å². The topological polar surface area (TPSA) is 77.4 Å². The van der Waals surface area contributed by atoms with Crippen molar-refractivity contribution >= 4 is 11.9 Å². The van der Waals surface area contributed by atoms with Gasteiger partial charge in [-0.15, -0.1) is 0 Å². The highest BCUT2D eigenvalue weighted by atomic mass is 16.6. The van der Waals surface area contributed by atoms with Gasteiger partial charge < -0.3 is 14.6 Å². The van der Waals surface area contributed by atoms with Crippen LogP contribution < -0.4 is 10.9 Å². The second-order valence-corrected chi connectivity index (χ2v) is 6.38. The van der Waals surface area contributed by atoms with Crippen LogP contribution in [0.25, 0.3) is 0 Å². The van der Waals surface area contributed by atoms with E-state index in [0.717, 1.165) is 25.7 Å². The lowest BCUT2D eigenvalue weighted by Gasteiger charge is -2.27. The molecule has 1 aliphatic heterocycles. The average Bonchev–Trinajstić information content (AvgIpc) is 3.12. The molecule has 0 radical (unpaired) electrons. The lowest BCUT2D eigenvalue weighted by Crippen LogP contribution is -2.43. The van der Waals surface area contributed by atoms with Crippen molar-refractivity contribution in [1.29, 1.82) is 0 Å². The first-order valence-corrected chi connectivity index (χ1v) is 8.26. The van der Waals surface area contributed by atoms with Crippen molar-refractivity contribution in [3.8, 4) is 0 Å². The first-order valence-electron chi connectivity index (χ1n) is 8.26. The quantitative estimate of drug-likeness (QED) is 0.654. The normalized spacial score (nSPS) is 22.3. The van der Waals surface area contributed by atoms with E-state index in [-0.39, 0.29) is 29.8 Å². The van der Waals surface area contributed by atoms with Crippen molar-refractivity contribution in [2.75, 3.05) is 6.54 Å². The number of carbonyl (C=O) groups is 2. The fourth-order valence-corrected chi connectivity index (χ4v) is 3.68. The predicted molar refractivity (Wildman–Crippen MR) is 83.7 cm³/mol. The Morgan fingerprint density at radius 2 is 2.09 bits per heavy atom. The van der Waals surface area contributed by atoms with E-state index in [9.17, 15) is 14.4 Å². The number of rotatable bonds is 5. The van der Waals surface area contributed by atoms with Crippen LogP contribution in [0, 0.1) is 5.92 Å². The number of hydrogen-bond acceptors (Lipinski definition) is 4. The zero-order valence-electron chi connectivity index (χ0n) is 13.1. The number of carbonyl (C=O) groups excluding carboxylic acids is 2. The molecule has 124 valence electrons. The maximum atomic E-state index is 12.4. The van der Waals surface area contributed by atoms with Gasteiger partial charge in [0.25, 0.3) is 0 Å². The van der Waals surface area contributed by atoms with E-state index in [1.807, 2.05) is 6.07 Å². The van der Waals surface area contributed by atoms with Crippen molar-refractivity contribution in [1.82, 2.24) is 9.88 Å². The van der Waals surface area contributed by atoms with Crippen molar-refractivity contribution < 1.29 is 14.3 Å². The largest absolute Gasteiger partial charge is 0.458 e. The Morgan fingerprint density at radius 3 is 2.83 bits per heavy atom. The van der Waals surface area contributed by atoms with Gasteiger partial charge in [-0.2, -0.15) is 0 Å². The van der Waals surface area contributed by atoms with Gasteiger partial charge in [-0.1, -0.05) is 6.07 Å². The fraction of sp³-hybridized carbons (Fsp3) is 0.588. The van der Waals surface area contributed by atoms with Crippen LogP contribution in [0.5, 0.6) is 0 Å². The SMILES string of the molecule is O=C1C[C@@H](C(=O)NCCCn2ccccc2=O)C2(CCCC2)O1. The van der Waals surface area contributed by atoms with Crippen LogP contribution in [0.3, 0.4) is 0 Å². The highest BCUT2D eigenvalue weighted by Crippen LogP contribution is 2.45. The molecule has 2 aliphatic rings. The summed E-state index contributed by atoms with van der Waals surface area (Å²) < 4.78 is 7.11. The monoisotopic (exact) mass is 318 g/mol. The molecule has 2 fully saturated rings. The Bertz CT molecular complexity index is 646. The third-order valence-electron chi connectivity index (χ3n) is 4.86. The van der Waals surface area contributed by atoms with Crippen LogP contribution >= 0.6 is 0 Å². The van der Waals surface area contributed by atoms with Crippen molar-refractivity contribution in [3.63, 3.8) is 0 Å². The van der Waals surface area contributed by atoms with Gasteiger partial charge in [0.15, 0.2) is 0 Å². The molecule has 1 N–H and O–H groups in total. The van der Waals surface area contributed by atoms with Gasteiger partial charge in [-0.05, 0) is 38.2 Å². The Hall–Kier alpha value is -2.11. The maximum absolute atomic E-state index is 12.4. The van der Waals surface area contributed by atoms with Crippen LogP contribution in [0.4, 0.5) is 0 Å². The zero-order chi connectivity index (χ0) is 16.3. The average molecular weight is 318 g/mol. The third kappa shape index (κ3) is 3.30. The summed E-state index contributed by atoms with van der Waals surface area (Å²) in [6.45, 7) is 1.05. The molecular weight excluding hydrogens is 296 g/mol. The van der Waals surface area contributed by atoms with Gasteiger partial charge >= 0.3 is 5.97 Å². The molecule has 23 heavy (non-hydrogen) atoms. The number of aryl methyl sites for hydroxylation is 1. The molecular formula is C17H22N2O4. The summed E-state index contributed by atoms with van der Waals surface area (Å²) in [5, 5.41) is 2.90. The smallest absolute Gasteiger partial charge is 0.307 e. The van der Waals surface area contributed by atoms with Crippen LogP contribution in [-0.2, 0) is 20.9 Å². The number of aromatic nitrogens is 1. The number of nitrogens with one attached hydrogen (secondary N) is 1. The molecule has 1 atom stereocenters. The molecule has 6 heteroatoms. The minimum absolute atomic E-state index is 0.0430. The number of pyridine rings is 1. The number of ether oxygens (including phenoxy) is 1. The molecule has 1 aliphatic carbocycles. The van der Waals surface area contributed by atoms with E-state index >= 15 is 0 Å². The molecule has 0 bridgehead atoms. The molecule has 1 saturated carbocycles. The zero-order valence-corrected chi connectivity index (χ0v) is 13.1. The van der Waals surface area contributed by atoms with Gasteiger partial charge in [0.2, 0.25) is 11.5 Å². The van der Waals surface area contributed by atoms with Gasteiger partial charge in [0, 0.05) is 25.4 Å². The van der Waals surface area contributed by atoms with E-state index in [1.54, 1.807) is 16.8 Å². The summed E-state index contributed by atoms with van der Waals surface area (Å²) >= 11 is 0. The first-order chi connectivity index (χ1) is 11.1. The summed E-state index contributed by atoms with van der Waals surface area (Å²) in [6.07, 6.45) is 6.18. The van der Waals surface area contributed by atoms with Crippen molar-refractivity contribution in [2.45, 2.75) is 50.7 Å². The minimum Gasteiger partial charge on any atom is -0.458 e. The Morgan fingerprint density at radius 1 is 1.30 bits per heavy atom. The standard InChI is InChI=1S/C17H22N2O4/c20-14-6-1-4-10-19(14)11-5-9-18-16(22)13-12-15(21)23-17(13)7-2-3-8-17/h1,4,6,10,13H,2-3,5,7-9,11-12H2,(H,18,22)/t13-/m0/s1. The molecule has 1 amide bonds. The summed E-state index contributed by atoms with van der Waals surface area (Å²) in [5.74, 6) is -0.724. The summed E-state index contributed by atoms with van der Waals surface area (Å²) in [4.78, 5) is 35.6. The second-order valence-electron chi connectivity index (χ2n) is 6.38. The molecule has 3 rings (SSSR count). The maximum Gasteiger partial charge on any atom is 0.307 e. The van der Waals surface area contributed by atoms with Crippen molar-refractivity contribution in [3.05, 3.63) is 34.7 Å². The van der Waals surface area contributed by atoms with E-state index in [4.69, 9.17) is 4.74 Å². The first kappa shape index (κ1) is 15.8.